The summed E-state index contributed by atoms with van der Waals surface area (Å²) >= 11 is 0. The predicted octanol–water partition coefficient (Wildman–Crippen LogP) is 5.81. The number of rotatable bonds is 2. The van der Waals surface area contributed by atoms with E-state index in [9.17, 15) is 31.1 Å². The summed E-state index contributed by atoms with van der Waals surface area (Å²) in [5.74, 6) is 0. The summed E-state index contributed by atoms with van der Waals surface area (Å²) in [5.41, 5.74) is -2.84. The summed E-state index contributed by atoms with van der Waals surface area (Å²) in [6.07, 6.45) is -11.9. The molecule has 3 rings (SSSR count). The number of hydrogen-bond acceptors (Lipinski definition) is 2. The van der Waals surface area contributed by atoms with Crippen molar-refractivity contribution in [1.29, 1.82) is 0 Å². The highest BCUT2D eigenvalue weighted by molar-refractivity contribution is 5.92. The summed E-state index contributed by atoms with van der Waals surface area (Å²) in [7, 11) is 0. The van der Waals surface area contributed by atoms with Crippen LogP contribution in [0.15, 0.2) is 48.5 Å². The Kier molecular flexibility index (Phi) is 4.57. The normalized spacial score (nSPS) is 20.7. The van der Waals surface area contributed by atoms with Gasteiger partial charge in [-0.25, -0.2) is 4.79 Å². The number of amides is 1. The highest BCUT2D eigenvalue weighted by Crippen LogP contribution is 2.44. The minimum atomic E-state index is -4.74. The molecule has 2 atom stereocenters. The molecule has 2 aromatic rings. The van der Waals surface area contributed by atoms with Gasteiger partial charge < -0.3 is 4.74 Å². The minimum Gasteiger partial charge on any atom is -0.439 e. The maximum Gasteiger partial charge on any atom is 0.418 e. The number of alkyl halides is 6. The molecule has 0 saturated carbocycles. The highest BCUT2D eigenvalue weighted by Gasteiger charge is 2.47. The van der Waals surface area contributed by atoms with Gasteiger partial charge in [0.25, 0.3) is 0 Å². The molecule has 0 radical (unpaired) electrons. The first kappa shape index (κ1) is 19.1. The Labute approximate surface area is 150 Å². The molecule has 0 bridgehead atoms. The van der Waals surface area contributed by atoms with Crippen molar-refractivity contribution in [2.24, 2.45) is 0 Å². The van der Waals surface area contributed by atoms with Crippen LogP contribution in [-0.4, -0.2) is 12.1 Å². The molecule has 1 aliphatic heterocycles. The Morgan fingerprint density at radius 1 is 0.852 bits per heavy atom. The third-order valence-electron chi connectivity index (χ3n) is 4.31. The zero-order valence-corrected chi connectivity index (χ0v) is 13.8. The van der Waals surface area contributed by atoms with E-state index in [1.54, 1.807) is 0 Å². The number of anilines is 1. The third-order valence-corrected chi connectivity index (χ3v) is 4.31. The van der Waals surface area contributed by atoms with Crippen LogP contribution in [-0.2, 0) is 17.1 Å². The third kappa shape index (κ3) is 3.45. The molecular formula is C18H13F6NO2. The zero-order valence-electron chi connectivity index (χ0n) is 13.8. The average Bonchev–Trinajstić information content (AvgIpc) is 2.87. The average molecular weight is 389 g/mol. The molecular weight excluding hydrogens is 376 g/mol. The minimum absolute atomic E-state index is 0.308. The van der Waals surface area contributed by atoms with Gasteiger partial charge in [-0.3, -0.25) is 4.90 Å². The standard InChI is InChI=1S/C18H13F6NO2/c1-10-15(11-6-2-3-7-12(11)17(19,20)21)27-16(26)25(10)14-9-5-4-8-13(14)18(22,23)24/h2-10,15H,1H3. The Morgan fingerprint density at radius 2 is 1.37 bits per heavy atom. The highest BCUT2D eigenvalue weighted by atomic mass is 19.4. The summed E-state index contributed by atoms with van der Waals surface area (Å²) in [4.78, 5) is 13.0. The van der Waals surface area contributed by atoms with Crippen LogP contribution in [0.1, 0.15) is 29.7 Å². The first-order chi connectivity index (χ1) is 12.5. The van der Waals surface area contributed by atoms with Crippen LogP contribution < -0.4 is 4.90 Å². The van der Waals surface area contributed by atoms with Crippen molar-refractivity contribution in [3.8, 4) is 0 Å². The molecule has 3 nitrogen and oxygen atoms in total. The molecule has 1 fully saturated rings. The molecule has 2 unspecified atom stereocenters. The van der Waals surface area contributed by atoms with Crippen molar-refractivity contribution in [3.63, 3.8) is 0 Å². The van der Waals surface area contributed by atoms with E-state index in [2.05, 4.69) is 0 Å². The molecule has 1 amide bonds. The smallest absolute Gasteiger partial charge is 0.418 e. The predicted molar refractivity (Wildman–Crippen MR) is 84.1 cm³/mol. The molecule has 144 valence electrons. The topological polar surface area (TPSA) is 29.5 Å². The lowest BCUT2D eigenvalue weighted by Crippen LogP contribution is -2.33. The van der Waals surface area contributed by atoms with Crippen LogP contribution in [0.2, 0.25) is 0 Å². The van der Waals surface area contributed by atoms with E-state index in [-0.39, 0.29) is 5.56 Å². The number of ether oxygens (including phenoxy) is 1. The number of cyclic esters (lactones) is 1. The number of benzene rings is 2. The van der Waals surface area contributed by atoms with Crippen molar-refractivity contribution < 1.29 is 35.9 Å². The summed E-state index contributed by atoms with van der Waals surface area (Å²) in [5, 5.41) is 0. The van der Waals surface area contributed by atoms with E-state index in [4.69, 9.17) is 4.74 Å². The molecule has 0 spiro atoms. The van der Waals surface area contributed by atoms with Gasteiger partial charge in [0.2, 0.25) is 0 Å². The molecule has 1 saturated heterocycles. The van der Waals surface area contributed by atoms with Gasteiger partial charge in [0.15, 0.2) is 0 Å². The molecule has 9 heteroatoms. The van der Waals surface area contributed by atoms with Gasteiger partial charge in [-0.2, -0.15) is 26.3 Å². The maximum absolute atomic E-state index is 13.3. The van der Waals surface area contributed by atoms with Gasteiger partial charge >= 0.3 is 18.4 Å². The van der Waals surface area contributed by atoms with E-state index in [0.29, 0.717) is 0 Å². The van der Waals surface area contributed by atoms with E-state index < -0.39 is 47.4 Å². The van der Waals surface area contributed by atoms with Crippen molar-refractivity contribution in [2.75, 3.05) is 4.90 Å². The molecule has 0 aromatic heterocycles. The van der Waals surface area contributed by atoms with E-state index in [1.807, 2.05) is 0 Å². The first-order valence-electron chi connectivity index (χ1n) is 7.84. The van der Waals surface area contributed by atoms with Gasteiger partial charge in [0, 0.05) is 5.56 Å². The summed E-state index contributed by atoms with van der Waals surface area (Å²) in [6.45, 7) is 1.34. The van der Waals surface area contributed by atoms with Gasteiger partial charge in [0.05, 0.1) is 22.9 Å². The lowest BCUT2D eigenvalue weighted by atomic mass is 9.97. The van der Waals surface area contributed by atoms with E-state index in [1.165, 1.54) is 25.1 Å². The Hall–Kier alpha value is -2.71. The lowest BCUT2D eigenvalue weighted by Gasteiger charge is -2.25. The van der Waals surface area contributed by atoms with Gasteiger partial charge in [-0.1, -0.05) is 30.3 Å². The second-order valence-corrected chi connectivity index (χ2v) is 6.01. The van der Waals surface area contributed by atoms with E-state index >= 15 is 0 Å². The van der Waals surface area contributed by atoms with Crippen molar-refractivity contribution >= 4 is 11.8 Å². The largest absolute Gasteiger partial charge is 0.439 e. The number of carbonyl (C=O) groups excluding carboxylic acids is 1. The fourth-order valence-corrected chi connectivity index (χ4v) is 3.13. The molecule has 0 aliphatic carbocycles. The summed E-state index contributed by atoms with van der Waals surface area (Å²) < 4.78 is 84.6. The van der Waals surface area contributed by atoms with Crippen molar-refractivity contribution in [1.82, 2.24) is 0 Å². The van der Waals surface area contributed by atoms with Crippen molar-refractivity contribution in [3.05, 3.63) is 65.2 Å². The molecule has 1 aliphatic rings. The number of hydrogen-bond donors (Lipinski definition) is 0. The Balaban J connectivity index is 2.05. The first-order valence-corrected chi connectivity index (χ1v) is 7.84. The van der Waals surface area contributed by atoms with Gasteiger partial charge in [0.1, 0.15) is 6.10 Å². The van der Waals surface area contributed by atoms with Crippen LogP contribution in [0.5, 0.6) is 0 Å². The quantitative estimate of drug-likeness (QED) is 0.607. The lowest BCUT2D eigenvalue weighted by molar-refractivity contribution is -0.139. The van der Waals surface area contributed by atoms with E-state index in [0.717, 1.165) is 35.2 Å². The van der Waals surface area contributed by atoms with Crippen LogP contribution in [0.4, 0.5) is 36.8 Å². The fourth-order valence-electron chi connectivity index (χ4n) is 3.13. The molecule has 27 heavy (non-hydrogen) atoms. The number of halogens is 6. The number of nitrogens with zero attached hydrogens (tertiary/aromatic N) is 1. The fraction of sp³-hybridized carbons (Fsp3) is 0.278. The van der Waals surface area contributed by atoms with Crippen LogP contribution >= 0.6 is 0 Å². The zero-order chi connectivity index (χ0) is 20.0. The van der Waals surface area contributed by atoms with Crippen LogP contribution in [0.3, 0.4) is 0 Å². The second kappa shape index (κ2) is 6.47. The molecule has 0 N–H and O–H groups in total. The van der Waals surface area contributed by atoms with Gasteiger partial charge in [-0.15, -0.1) is 0 Å². The maximum atomic E-state index is 13.3. The summed E-state index contributed by atoms with van der Waals surface area (Å²) in [6, 6.07) is 7.78. The molecule has 2 aromatic carbocycles. The van der Waals surface area contributed by atoms with Crippen LogP contribution in [0, 0.1) is 0 Å². The number of carbonyl (C=O) groups is 1. The van der Waals surface area contributed by atoms with Gasteiger partial charge in [-0.05, 0) is 25.1 Å². The molecule has 1 heterocycles. The Morgan fingerprint density at radius 3 is 1.96 bits per heavy atom. The van der Waals surface area contributed by atoms with Crippen molar-refractivity contribution in [2.45, 2.75) is 31.4 Å². The SMILES string of the molecule is CC1C(c2ccccc2C(F)(F)F)OC(=O)N1c1ccccc1C(F)(F)F. The monoisotopic (exact) mass is 389 g/mol. The van der Waals surface area contributed by atoms with Crippen LogP contribution in [0.25, 0.3) is 0 Å². The Bertz CT molecular complexity index is 861. The second-order valence-electron chi connectivity index (χ2n) is 6.01. The number of para-hydroxylation sites is 1.